The second kappa shape index (κ2) is 8.48. The van der Waals surface area contributed by atoms with Crippen molar-refractivity contribution in [3.63, 3.8) is 0 Å². The van der Waals surface area contributed by atoms with Crippen LogP contribution in [0, 0.1) is 0 Å². The van der Waals surface area contributed by atoms with Crippen molar-refractivity contribution in [1.29, 1.82) is 0 Å². The molecule has 142 valence electrons. The van der Waals surface area contributed by atoms with Crippen LogP contribution in [0.5, 0.6) is 11.5 Å². The van der Waals surface area contributed by atoms with Crippen LogP contribution in [-0.4, -0.2) is 18.6 Å². The first-order valence-corrected chi connectivity index (χ1v) is 9.87. The SMILES string of the molecule is O=C(NCC1C=C(c2ccc(Oc3ccccc3)cc2)NO1)c1ccc(Cl)s1. The van der Waals surface area contributed by atoms with Crippen LogP contribution in [0.15, 0.2) is 72.8 Å². The predicted octanol–water partition coefficient (Wildman–Crippen LogP) is 4.87. The zero-order valence-corrected chi connectivity index (χ0v) is 16.3. The summed E-state index contributed by atoms with van der Waals surface area (Å²) in [6.45, 7) is 0.361. The number of rotatable bonds is 6. The lowest BCUT2D eigenvalue weighted by molar-refractivity contribution is 0.0499. The molecule has 0 bridgehead atoms. The van der Waals surface area contributed by atoms with Crippen molar-refractivity contribution < 1.29 is 14.4 Å². The van der Waals surface area contributed by atoms with E-state index in [0.717, 1.165) is 22.8 Å². The summed E-state index contributed by atoms with van der Waals surface area (Å²) in [6.07, 6.45) is 1.68. The molecule has 1 aromatic heterocycles. The van der Waals surface area contributed by atoms with Crippen LogP contribution in [0.3, 0.4) is 0 Å². The maximum atomic E-state index is 12.1. The molecule has 0 aliphatic carbocycles. The zero-order valence-electron chi connectivity index (χ0n) is 14.7. The number of carbonyl (C=O) groups is 1. The highest BCUT2D eigenvalue weighted by molar-refractivity contribution is 7.17. The number of nitrogens with one attached hydrogen (secondary N) is 2. The fourth-order valence-electron chi connectivity index (χ4n) is 2.69. The van der Waals surface area contributed by atoms with Gasteiger partial charge in [0.25, 0.3) is 5.91 Å². The Morgan fingerprint density at radius 3 is 2.54 bits per heavy atom. The van der Waals surface area contributed by atoms with Gasteiger partial charge in [0, 0.05) is 0 Å². The van der Waals surface area contributed by atoms with Crippen molar-refractivity contribution in [3.8, 4) is 11.5 Å². The summed E-state index contributed by atoms with van der Waals surface area (Å²) < 4.78 is 6.39. The van der Waals surface area contributed by atoms with Crippen molar-refractivity contribution >= 4 is 34.5 Å². The molecule has 0 fully saturated rings. The lowest BCUT2D eigenvalue weighted by Crippen LogP contribution is -2.31. The third-order valence-corrected chi connectivity index (χ3v) is 5.31. The van der Waals surface area contributed by atoms with Crippen LogP contribution in [0.4, 0.5) is 0 Å². The summed E-state index contributed by atoms with van der Waals surface area (Å²) in [5, 5.41) is 2.85. The molecule has 1 aliphatic rings. The van der Waals surface area contributed by atoms with Gasteiger partial charge in [0.2, 0.25) is 0 Å². The number of ether oxygens (including phenoxy) is 1. The molecule has 1 aliphatic heterocycles. The monoisotopic (exact) mass is 412 g/mol. The molecule has 2 N–H and O–H groups in total. The van der Waals surface area contributed by atoms with E-state index in [-0.39, 0.29) is 12.0 Å². The van der Waals surface area contributed by atoms with Crippen molar-refractivity contribution in [3.05, 3.63) is 87.6 Å². The van der Waals surface area contributed by atoms with Gasteiger partial charge >= 0.3 is 0 Å². The normalized spacial score (nSPS) is 15.6. The molecule has 3 aromatic rings. The van der Waals surface area contributed by atoms with E-state index in [0.29, 0.717) is 15.8 Å². The molecule has 1 amide bonds. The Labute approximate surface area is 171 Å². The molecule has 0 radical (unpaired) electrons. The molecule has 2 heterocycles. The van der Waals surface area contributed by atoms with E-state index in [1.807, 2.05) is 60.7 Å². The van der Waals surface area contributed by atoms with Crippen molar-refractivity contribution in [2.24, 2.45) is 0 Å². The molecular formula is C21H17ClN2O3S. The second-order valence-electron chi connectivity index (χ2n) is 6.09. The maximum Gasteiger partial charge on any atom is 0.261 e. The van der Waals surface area contributed by atoms with Gasteiger partial charge in [-0.2, -0.15) is 0 Å². The fraction of sp³-hybridized carbons (Fsp3) is 0.0952. The zero-order chi connectivity index (χ0) is 19.3. The Bertz CT molecular complexity index is 986. The molecule has 2 aromatic carbocycles. The third-order valence-electron chi connectivity index (χ3n) is 4.08. The summed E-state index contributed by atoms with van der Waals surface area (Å²) >= 11 is 7.11. The van der Waals surface area contributed by atoms with Crippen LogP contribution < -0.4 is 15.5 Å². The molecule has 1 unspecified atom stereocenters. The first kappa shape index (κ1) is 18.6. The van der Waals surface area contributed by atoms with Crippen LogP contribution in [-0.2, 0) is 4.84 Å². The highest BCUT2D eigenvalue weighted by Crippen LogP contribution is 2.25. The van der Waals surface area contributed by atoms with Crippen molar-refractivity contribution in [1.82, 2.24) is 10.8 Å². The van der Waals surface area contributed by atoms with Gasteiger partial charge < -0.3 is 10.1 Å². The number of hydrogen-bond acceptors (Lipinski definition) is 5. The molecule has 28 heavy (non-hydrogen) atoms. The van der Waals surface area contributed by atoms with E-state index in [1.54, 1.807) is 12.1 Å². The number of para-hydroxylation sites is 1. The quantitative estimate of drug-likeness (QED) is 0.606. The number of benzene rings is 2. The Kier molecular flexibility index (Phi) is 5.62. The molecule has 0 saturated carbocycles. The highest BCUT2D eigenvalue weighted by Gasteiger charge is 2.19. The van der Waals surface area contributed by atoms with Gasteiger partial charge in [-0.1, -0.05) is 29.8 Å². The van der Waals surface area contributed by atoms with Gasteiger partial charge in [-0.05, 0) is 60.2 Å². The summed E-state index contributed by atoms with van der Waals surface area (Å²) in [5.41, 5.74) is 4.73. The highest BCUT2D eigenvalue weighted by atomic mass is 35.5. The lowest BCUT2D eigenvalue weighted by atomic mass is 10.1. The van der Waals surface area contributed by atoms with Gasteiger partial charge in [0.15, 0.2) is 0 Å². The number of thiophene rings is 1. The van der Waals surface area contributed by atoms with Crippen LogP contribution in [0.2, 0.25) is 4.34 Å². The van der Waals surface area contributed by atoms with E-state index in [1.165, 1.54) is 11.3 Å². The first-order valence-electron chi connectivity index (χ1n) is 8.68. The van der Waals surface area contributed by atoms with Crippen LogP contribution in [0.25, 0.3) is 5.70 Å². The number of amides is 1. The Balaban J connectivity index is 1.34. The van der Waals surface area contributed by atoms with E-state index < -0.39 is 0 Å². The summed E-state index contributed by atoms with van der Waals surface area (Å²) in [5.74, 6) is 1.39. The topological polar surface area (TPSA) is 59.6 Å². The van der Waals surface area contributed by atoms with Crippen molar-refractivity contribution in [2.75, 3.05) is 6.54 Å². The number of carbonyl (C=O) groups excluding carboxylic acids is 1. The van der Waals surface area contributed by atoms with Gasteiger partial charge in [0.05, 0.1) is 21.5 Å². The minimum atomic E-state index is -0.255. The average Bonchev–Trinajstić information content (AvgIpc) is 3.37. The standard InChI is InChI=1S/C21H17ClN2O3S/c22-20-11-10-19(28-20)21(25)23-13-17-12-18(24-27-17)14-6-8-16(9-7-14)26-15-4-2-1-3-5-15/h1-12,17,24H,13H2,(H,23,25). The largest absolute Gasteiger partial charge is 0.457 e. The summed E-state index contributed by atoms with van der Waals surface area (Å²) in [6, 6.07) is 20.8. The molecule has 5 nitrogen and oxygen atoms in total. The van der Waals surface area contributed by atoms with Gasteiger partial charge in [-0.25, -0.2) is 0 Å². The molecule has 4 rings (SSSR count). The Hall–Kier alpha value is -2.80. The Morgan fingerprint density at radius 1 is 1.07 bits per heavy atom. The summed E-state index contributed by atoms with van der Waals surface area (Å²) in [4.78, 5) is 18.2. The molecular weight excluding hydrogens is 396 g/mol. The number of hydrogen-bond donors (Lipinski definition) is 2. The van der Waals surface area contributed by atoms with Crippen LogP contribution in [0.1, 0.15) is 15.2 Å². The second-order valence-corrected chi connectivity index (χ2v) is 7.81. The van der Waals surface area contributed by atoms with Gasteiger partial charge in [-0.3, -0.25) is 15.1 Å². The summed E-state index contributed by atoms with van der Waals surface area (Å²) in [7, 11) is 0. The first-order chi connectivity index (χ1) is 13.7. The van der Waals surface area contributed by atoms with E-state index in [2.05, 4.69) is 10.8 Å². The molecule has 7 heteroatoms. The van der Waals surface area contributed by atoms with Gasteiger partial charge in [0.1, 0.15) is 17.6 Å². The average molecular weight is 413 g/mol. The molecule has 0 saturated heterocycles. The molecule has 0 spiro atoms. The smallest absolute Gasteiger partial charge is 0.261 e. The fourth-order valence-corrected chi connectivity index (χ4v) is 3.65. The maximum absolute atomic E-state index is 12.1. The lowest BCUT2D eigenvalue weighted by Gasteiger charge is -2.08. The number of halogens is 1. The third kappa shape index (κ3) is 4.54. The Morgan fingerprint density at radius 2 is 1.82 bits per heavy atom. The van der Waals surface area contributed by atoms with Gasteiger partial charge in [-0.15, -0.1) is 11.3 Å². The van der Waals surface area contributed by atoms with E-state index in [9.17, 15) is 4.79 Å². The number of hydroxylamine groups is 1. The molecule has 1 atom stereocenters. The van der Waals surface area contributed by atoms with Crippen LogP contribution >= 0.6 is 22.9 Å². The van der Waals surface area contributed by atoms with E-state index >= 15 is 0 Å². The van der Waals surface area contributed by atoms with E-state index in [4.69, 9.17) is 21.2 Å². The minimum Gasteiger partial charge on any atom is -0.457 e. The predicted molar refractivity (Wildman–Crippen MR) is 111 cm³/mol. The minimum absolute atomic E-state index is 0.162. The van der Waals surface area contributed by atoms with Crippen molar-refractivity contribution in [2.45, 2.75) is 6.10 Å².